The normalized spacial score (nSPS) is 12.3. The second-order valence-corrected chi connectivity index (χ2v) is 5.51. The molecule has 0 saturated heterocycles. The molecule has 0 spiro atoms. The molecule has 2 aromatic rings. The fourth-order valence-corrected chi connectivity index (χ4v) is 2.74. The highest BCUT2D eigenvalue weighted by Gasteiger charge is 2.19. The van der Waals surface area contributed by atoms with Crippen LogP contribution in [0.15, 0.2) is 24.3 Å². The Bertz CT molecular complexity index is 827. The summed E-state index contributed by atoms with van der Waals surface area (Å²) < 4.78 is 2.04. The Morgan fingerprint density at radius 2 is 1.12 bits per heavy atom. The third-order valence-electron chi connectivity index (χ3n) is 3.61. The van der Waals surface area contributed by atoms with Crippen LogP contribution < -0.4 is 17.2 Å². The van der Waals surface area contributed by atoms with Crippen molar-refractivity contribution in [2.45, 2.75) is 27.7 Å². The predicted molar refractivity (Wildman–Crippen MR) is 115 cm³/mol. The first-order valence-electron chi connectivity index (χ1n) is 8.46. The maximum Gasteiger partial charge on any atom is 0.340 e. The first kappa shape index (κ1) is 19.8. The largest absolute Gasteiger partial charge is 0.381 e. The Morgan fingerprint density at radius 3 is 1.50 bits per heavy atom. The Balaban J connectivity index is 2.77. The van der Waals surface area contributed by atoms with E-state index in [1.54, 1.807) is 0 Å². The summed E-state index contributed by atoms with van der Waals surface area (Å²) >= 11 is 0. The Labute approximate surface area is 159 Å². The Morgan fingerprint density at radius 1 is 0.692 bits per heavy atom. The smallest absolute Gasteiger partial charge is 0.340 e. The lowest BCUT2D eigenvalue weighted by Gasteiger charge is -2.09. The molecule has 2 rings (SSSR count). The molecule has 26 heavy (non-hydrogen) atoms. The van der Waals surface area contributed by atoms with E-state index in [1.807, 2.05) is 63.9 Å². The van der Waals surface area contributed by atoms with Crippen molar-refractivity contribution in [2.24, 2.45) is 0 Å². The van der Waals surface area contributed by atoms with Gasteiger partial charge in [-0.05, 0) is 39.8 Å². The number of hydrogen-bond acceptors (Lipinski definition) is 3. The van der Waals surface area contributed by atoms with E-state index >= 15 is 0 Å². The third-order valence-corrected chi connectivity index (χ3v) is 3.61. The molecule has 125 valence electrons. The molecule has 5 radical (unpaired) electrons. The van der Waals surface area contributed by atoms with Crippen LogP contribution in [-0.4, -0.2) is 42.5 Å². The minimum Gasteiger partial charge on any atom is -0.381 e. The van der Waals surface area contributed by atoms with Crippen LogP contribution in [0.2, 0.25) is 0 Å². The maximum absolute atomic E-state index is 5.72. The fraction of sp³-hybridized carbons (Fsp3) is 0.211. The fourth-order valence-electron chi connectivity index (χ4n) is 2.74. The van der Waals surface area contributed by atoms with Gasteiger partial charge in [-0.15, -0.1) is 0 Å². The van der Waals surface area contributed by atoms with Crippen LogP contribution in [0.3, 0.4) is 0 Å². The Kier molecular flexibility index (Phi) is 7.02. The molecule has 0 N–H and O–H groups in total. The minimum atomic E-state index is 0.0958. The minimum absolute atomic E-state index is 0.0958. The van der Waals surface area contributed by atoms with Crippen LogP contribution in [0, 0.1) is 0 Å². The molecule has 4 nitrogen and oxygen atoms in total. The van der Waals surface area contributed by atoms with E-state index in [0.717, 1.165) is 22.5 Å². The SMILES string of the molecule is [B]c1nc([B])nc([B]n2c(/C=C\C)c(/C=C\C)c(/C=C\C)c2/C=C\C)n1. The van der Waals surface area contributed by atoms with Crippen LogP contribution in [-0.2, 0) is 0 Å². The summed E-state index contributed by atoms with van der Waals surface area (Å²) in [5.74, 6) is 0. The molecule has 0 aliphatic carbocycles. The van der Waals surface area contributed by atoms with Crippen LogP contribution in [0.4, 0.5) is 0 Å². The van der Waals surface area contributed by atoms with Gasteiger partial charge in [0, 0.05) is 22.5 Å². The van der Waals surface area contributed by atoms with Crippen LogP contribution in [0.5, 0.6) is 0 Å². The van der Waals surface area contributed by atoms with E-state index in [1.165, 1.54) is 0 Å². The standard InChI is InChI=1S/C19H20B3N4/c1-5-9-13-14(10-6-2)16(12-8-4)26(15(13)11-7-3)22-19-24-17(20)23-18(21)25-19/h5-12H,1-4H3/b9-5-,10-6-,11-7-,12-8-. The molecule has 0 amide bonds. The topological polar surface area (TPSA) is 43.6 Å². The van der Waals surface area contributed by atoms with Gasteiger partial charge in [-0.1, -0.05) is 36.5 Å². The maximum atomic E-state index is 5.72. The molecule has 0 unspecified atom stereocenters. The van der Waals surface area contributed by atoms with Crippen molar-refractivity contribution in [3.8, 4) is 0 Å². The third kappa shape index (κ3) is 4.34. The molecule has 7 heteroatoms. The lowest BCUT2D eigenvalue weighted by molar-refractivity contribution is 1.14. The molecule has 0 aliphatic rings. The number of nitrogens with zero attached hydrogens (tertiary/aromatic N) is 4. The average Bonchev–Trinajstić information content (AvgIpc) is 2.82. The van der Waals surface area contributed by atoms with Crippen LogP contribution in [0.25, 0.3) is 24.3 Å². The summed E-state index contributed by atoms with van der Waals surface area (Å²) in [6.07, 6.45) is 16.4. The van der Waals surface area contributed by atoms with E-state index in [0.29, 0.717) is 5.72 Å². The van der Waals surface area contributed by atoms with Crippen molar-refractivity contribution in [2.75, 3.05) is 0 Å². The quantitative estimate of drug-likeness (QED) is 0.744. The molecule has 0 fully saturated rings. The highest BCUT2D eigenvalue weighted by Crippen LogP contribution is 2.28. The van der Waals surface area contributed by atoms with Crippen molar-refractivity contribution in [3.05, 3.63) is 46.8 Å². The summed E-state index contributed by atoms with van der Waals surface area (Å²) in [6, 6.07) is 0. The predicted octanol–water partition coefficient (Wildman–Crippen LogP) is 1.19. The lowest BCUT2D eigenvalue weighted by atomic mass is 9.90. The van der Waals surface area contributed by atoms with Crippen molar-refractivity contribution in [1.82, 2.24) is 19.4 Å². The van der Waals surface area contributed by atoms with Crippen molar-refractivity contribution in [1.29, 1.82) is 0 Å². The van der Waals surface area contributed by atoms with E-state index in [4.69, 9.17) is 15.7 Å². The molecule has 0 atom stereocenters. The van der Waals surface area contributed by atoms with Crippen molar-refractivity contribution in [3.63, 3.8) is 0 Å². The zero-order valence-electron chi connectivity index (χ0n) is 15.6. The summed E-state index contributed by atoms with van der Waals surface area (Å²) in [5.41, 5.74) is 4.86. The van der Waals surface area contributed by atoms with Gasteiger partial charge in [0.2, 0.25) is 0 Å². The zero-order valence-corrected chi connectivity index (χ0v) is 15.6. The highest BCUT2D eigenvalue weighted by atomic mass is 15.0. The average molecular weight is 337 g/mol. The summed E-state index contributed by atoms with van der Waals surface area (Å²) in [4.78, 5) is 12.2. The van der Waals surface area contributed by atoms with Crippen molar-refractivity contribution >= 4 is 64.6 Å². The summed E-state index contributed by atoms with van der Waals surface area (Å²) in [6.45, 7) is 7.98. The number of hydrogen-bond donors (Lipinski definition) is 0. The van der Waals surface area contributed by atoms with Gasteiger partial charge in [0.25, 0.3) is 0 Å². The molecular formula is C19H20B3N4. The summed E-state index contributed by atoms with van der Waals surface area (Å²) in [7, 11) is 13.2. The molecule has 0 bridgehead atoms. The van der Waals surface area contributed by atoms with E-state index < -0.39 is 0 Å². The number of rotatable bonds is 6. The van der Waals surface area contributed by atoms with E-state index in [2.05, 4.69) is 39.3 Å². The molecular weight excluding hydrogens is 317 g/mol. The lowest BCUT2D eigenvalue weighted by Crippen LogP contribution is -2.42. The van der Waals surface area contributed by atoms with Gasteiger partial charge in [0.15, 0.2) is 15.7 Å². The first-order valence-corrected chi connectivity index (χ1v) is 8.46. The van der Waals surface area contributed by atoms with E-state index in [-0.39, 0.29) is 11.4 Å². The van der Waals surface area contributed by atoms with E-state index in [9.17, 15) is 0 Å². The molecule has 2 aromatic heterocycles. The van der Waals surface area contributed by atoms with Gasteiger partial charge >= 0.3 is 7.41 Å². The number of allylic oxidation sites excluding steroid dienone is 4. The first-order chi connectivity index (χ1) is 12.5. The van der Waals surface area contributed by atoms with Crippen LogP contribution in [0.1, 0.15) is 50.2 Å². The van der Waals surface area contributed by atoms with Gasteiger partial charge in [0.1, 0.15) is 5.72 Å². The van der Waals surface area contributed by atoms with Gasteiger partial charge in [-0.3, -0.25) is 0 Å². The molecule has 0 aliphatic heterocycles. The summed E-state index contributed by atoms with van der Waals surface area (Å²) in [5, 5.41) is 0. The molecule has 0 aromatic carbocycles. The highest BCUT2D eigenvalue weighted by molar-refractivity contribution is 6.51. The molecule has 0 saturated carbocycles. The van der Waals surface area contributed by atoms with Crippen molar-refractivity contribution < 1.29 is 0 Å². The van der Waals surface area contributed by atoms with Gasteiger partial charge in [0.05, 0.1) is 11.4 Å². The monoisotopic (exact) mass is 337 g/mol. The van der Waals surface area contributed by atoms with Gasteiger partial charge < -0.3 is 4.48 Å². The van der Waals surface area contributed by atoms with Gasteiger partial charge in [-0.25, -0.2) is 15.0 Å². The van der Waals surface area contributed by atoms with Crippen LogP contribution >= 0.6 is 0 Å². The Hall–Kier alpha value is -2.56. The van der Waals surface area contributed by atoms with Gasteiger partial charge in [-0.2, -0.15) is 0 Å². The second-order valence-electron chi connectivity index (χ2n) is 5.51. The molecule has 2 heterocycles. The number of aromatic nitrogens is 4. The second kappa shape index (κ2) is 9.23. The zero-order chi connectivity index (χ0) is 19.1.